The number of nitrogens with zero attached hydrogens (tertiary/aromatic N) is 1. The lowest BCUT2D eigenvalue weighted by molar-refractivity contribution is 1.03. The molecule has 1 nitrogen and oxygen atoms in total. The Kier molecular flexibility index (Phi) is 4.74. The van der Waals surface area contributed by atoms with Crippen molar-refractivity contribution in [3.05, 3.63) is 89.0 Å². The molecule has 0 radical (unpaired) electrons. The summed E-state index contributed by atoms with van der Waals surface area (Å²) >= 11 is 0. The third kappa shape index (κ3) is 3.49. The largest absolute Gasteiger partial charge is 0.197 e. The van der Waals surface area contributed by atoms with Gasteiger partial charge in [0.2, 0.25) is 0 Å². The summed E-state index contributed by atoms with van der Waals surface area (Å²) < 4.78 is 0. The second-order valence-electron chi connectivity index (χ2n) is 5.18. The van der Waals surface area contributed by atoms with Crippen molar-refractivity contribution >= 4 is 6.08 Å². The van der Waals surface area contributed by atoms with Crippen LogP contribution in [-0.2, 0) is 0 Å². The maximum atomic E-state index is 9.54. The van der Waals surface area contributed by atoms with Crippen LogP contribution in [0.2, 0.25) is 0 Å². The highest BCUT2D eigenvalue weighted by atomic mass is 14.3. The van der Waals surface area contributed by atoms with Gasteiger partial charge in [-0.25, -0.2) is 0 Å². The Bertz CT molecular complexity index is 702. The molecule has 0 bridgehead atoms. The van der Waals surface area contributed by atoms with Gasteiger partial charge in [0.25, 0.3) is 0 Å². The molecular formula is C20H19N. The third-order valence-corrected chi connectivity index (χ3v) is 3.60. The van der Waals surface area contributed by atoms with Gasteiger partial charge in [0.1, 0.15) is 0 Å². The molecule has 2 aromatic rings. The molecule has 2 aromatic carbocycles. The van der Waals surface area contributed by atoms with E-state index in [1.165, 1.54) is 5.56 Å². The predicted molar refractivity (Wildman–Crippen MR) is 88.9 cm³/mol. The van der Waals surface area contributed by atoms with Crippen molar-refractivity contribution in [2.75, 3.05) is 0 Å². The van der Waals surface area contributed by atoms with E-state index in [1.54, 1.807) is 0 Å². The number of allylic oxidation sites excluding steroid dienone is 2. The first-order valence-corrected chi connectivity index (χ1v) is 7.01. The summed E-state index contributed by atoms with van der Waals surface area (Å²) in [5.74, 6) is -0.233. The van der Waals surface area contributed by atoms with Crippen molar-refractivity contribution in [1.82, 2.24) is 0 Å². The van der Waals surface area contributed by atoms with Crippen LogP contribution >= 0.6 is 0 Å². The Labute approximate surface area is 126 Å². The van der Waals surface area contributed by atoms with Crippen LogP contribution in [-0.4, -0.2) is 0 Å². The predicted octanol–water partition coefficient (Wildman–Crippen LogP) is 5.24. The Morgan fingerprint density at radius 3 is 2.48 bits per heavy atom. The van der Waals surface area contributed by atoms with E-state index in [0.717, 1.165) is 22.3 Å². The average molecular weight is 273 g/mol. The second kappa shape index (κ2) is 6.72. The lowest BCUT2D eigenvalue weighted by Crippen LogP contribution is -1.99. The van der Waals surface area contributed by atoms with Crippen LogP contribution < -0.4 is 0 Å². The first-order chi connectivity index (χ1) is 10.2. The minimum atomic E-state index is -0.233. The Morgan fingerprint density at radius 1 is 1.14 bits per heavy atom. The highest BCUT2D eigenvalue weighted by molar-refractivity contribution is 5.60. The fourth-order valence-corrected chi connectivity index (χ4v) is 2.29. The first-order valence-electron chi connectivity index (χ1n) is 7.01. The second-order valence-corrected chi connectivity index (χ2v) is 5.18. The van der Waals surface area contributed by atoms with Gasteiger partial charge in [0.15, 0.2) is 0 Å². The molecule has 0 spiro atoms. The van der Waals surface area contributed by atoms with Crippen molar-refractivity contribution in [2.45, 2.75) is 19.8 Å². The van der Waals surface area contributed by atoms with E-state index in [0.29, 0.717) is 0 Å². The molecule has 0 saturated carbocycles. The highest BCUT2D eigenvalue weighted by Gasteiger charge is 2.13. The van der Waals surface area contributed by atoms with Crippen LogP contribution in [0.5, 0.6) is 0 Å². The molecule has 0 saturated heterocycles. The zero-order valence-electron chi connectivity index (χ0n) is 12.5. The fraction of sp³-hybridized carbons (Fsp3) is 0.150. The maximum Gasteiger partial charge on any atom is 0.0963 e. The van der Waals surface area contributed by atoms with E-state index in [2.05, 4.69) is 37.8 Å². The van der Waals surface area contributed by atoms with E-state index in [4.69, 9.17) is 0 Å². The van der Waals surface area contributed by atoms with E-state index < -0.39 is 0 Å². The number of benzene rings is 2. The van der Waals surface area contributed by atoms with Crippen molar-refractivity contribution in [1.29, 1.82) is 5.26 Å². The molecule has 21 heavy (non-hydrogen) atoms. The van der Waals surface area contributed by atoms with Gasteiger partial charge >= 0.3 is 0 Å². The van der Waals surface area contributed by atoms with Gasteiger partial charge < -0.3 is 0 Å². The summed E-state index contributed by atoms with van der Waals surface area (Å²) in [6.07, 6.45) is 3.94. The zero-order valence-corrected chi connectivity index (χ0v) is 12.5. The van der Waals surface area contributed by atoms with Gasteiger partial charge in [-0.2, -0.15) is 5.26 Å². The molecule has 0 N–H and O–H groups in total. The van der Waals surface area contributed by atoms with Crippen molar-refractivity contribution in [3.8, 4) is 6.07 Å². The molecule has 0 amide bonds. The summed E-state index contributed by atoms with van der Waals surface area (Å²) in [5.41, 5.74) is 5.51. The lowest BCUT2D eigenvalue weighted by Gasteiger charge is -2.12. The summed E-state index contributed by atoms with van der Waals surface area (Å²) in [7, 11) is 0. The smallest absolute Gasteiger partial charge is 0.0963 e. The lowest BCUT2D eigenvalue weighted by atomic mass is 9.90. The van der Waals surface area contributed by atoms with Crippen molar-refractivity contribution < 1.29 is 0 Å². The highest BCUT2D eigenvalue weighted by Crippen LogP contribution is 2.26. The first kappa shape index (κ1) is 14.8. The van der Waals surface area contributed by atoms with Crippen LogP contribution in [0.1, 0.15) is 35.1 Å². The normalized spacial score (nSPS) is 12.5. The summed E-state index contributed by atoms with van der Waals surface area (Å²) in [6.45, 7) is 7.89. The van der Waals surface area contributed by atoms with Gasteiger partial charge in [-0.1, -0.05) is 66.8 Å². The maximum absolute atomic E-state index is 9.54. The van der Waals surface area contributed by atoms with Crippen LogP contribution in [0.3, 0.4) is 0 Å². The average Bonchev–Trinajstić information content (AvgIpc) is 2.52. The van der Waals surface area contributed by atoms with Crippen LogP contribution in [0.15, 0.2) is 66.8 Å². The van der Waals surface area contributed by atoms with Crippen molar-refractivity contribution in [3.63, 3.8) is 0 Å². The van der Waals surface area contributed by atoms with Gasteiger partial charge in [-0.3, -0.25) is 0 Å². The van der Waals surface area contributed by atoms with Crippen LogP contribution in [0.4, 0.5) is 0 Å². The van der Waals surface area contributed by atoms with E-state index in [1.807, 2.05) is 49.4 Å². The molecule has 2 rings (SSSR count). The van der Waals surface area contributed by atoms with E-state index in [9.17, 15) is 5.26 Å². The molecular weight excluding hydrogens is 254 g/mol. The monoisotopic (exact) mass is 273 g/mol. The molecule has 1 heteroatoms. The van der Waals surface area contributed by atoms with Gasteiger partial charge in [0, 0.05) is 0 Å². The third-order valence-electron chi connectivity index (χ3n) is 3.60. The Hall–Kier alpha value is -2.59. The van der Waals surface area contributed by atoms with E-state index in [-0.39, 0.29) is 5.92 Å². The Morgan fingerprint density at radius 2 is 1.86 bits per heavy atom. The Balaban J connectivity index is 2.47. The number of rotatable bonds is 4. The molecule has 0 aromatic heterocycles. The quantitative estimate of drug-likeness (QED) is 0.699. The number of hydrogen-bond acceptors (Lipinski definition) is 1. The molecule has 0 aliphatic heterocycles. The topological polar surface area (TPSA) is 23.8 Å². The van der Waals surface area contributed by atoms with E-state index >= 15 is 0 Å². The van der Waals surface area contributed by atoms with Gasteiger partial charge in [0.05, 0.1) is 12.0 Å². The standard InChI is InChI=1S/C20H19N/c1-4-15(2)12-19-13-18(11-10-16(19)3)20(14-21)17-8-6-5-7-9-17/h4-13,20H,1H2,2-3H3/b15-12-. The minimum Gasteiger partial charge on any atom is -0.197 e. The fourth-order valence-electron chi connectivity index (χ4n) is 2.29. The van der Waals surface area contributed by atoms with Gasteiger partial charge in [-0.15, -0.1) is 0 Å². The SMILES string of the molecule is C=C/C(C)=C\c1cc(C(C#N)c2ccccc2)ccc1C. The molecule has 1 atom stereocenters. The van der Waals surface area contributed by atoms with Crippen LogP contribution in [0, 0.1) is 18.3 Å². The number of nitriles is 1. The summed E-state index contributed by atoms with van der Waals surface area (Å²) in [5, 5.41) is 9.54. The number of aryl methyl sites for hydroxylation is 1. The minimum absolute atomic E-state index is 0.233. The molecule has 1 unspecified atom stereocenters. The summed E-state index contributed by atoms with van der Waals surface area (Å²) in [6, 6.07) is 18.5. The molecule has 0 fully saturated rings. The summed E-state index contributed by atoms with van der Waals surface area (Å²) in [4.78, 5) is 0. The van der Waals surface area contributed by atoms with Crippen molar-refractivity contribution in [2.24, 2.45) is 0 Å². The zero-order chi connectivity index (χ0) is 15.2. The van der Waals surface area contributed by atoms with Gasteiger partial charge in [-0.05, 0) is 42.2 Å². The van der Waals surface area contributed by atoms with Crippen LogP contribution in [0.25, 0.3) is 6.08 Å². The molecule has 0 aliphatic carbocycles. The molecule has 0 aliphatic rings. The molecule has 104 valence electrons. The molecule has 0 heterocycles. The number of hydrogen-bond donors (Lipinski definition) is 0.